The van der Waals surface area contributed by atoms with Crippen LogP contribution < -0.4 is 10.6 Å². The standard InChI is InChI=1S/C18H11Br3Cl2N4O2/c1-24-17(28)9-5-8(19)6-10(20)14(9)26-18(29)13-7-11(21)15(23)27(13)16-12(22)3-2-4-25-16/h2-7H,1H3,(H,24,28)(H,26,29). The van der Waals surface area contributed by atoms with Gasteiger partial charge in [-0.1, -0.05) is 39.1 Å². The molecule has 6 nitrogen and oxygen atoms in total. The second-order valence-electron chi connectivity index (χ2n) is 5.66. The molecular formula is C18H11Br3Cl2N4O2. The minimum absolute atomic E-state index is 0.181. The molecule has 2 aromatic heterocycles. The Morgan fingerprint density at radius 2 is 1.79 bits per heavy atom. The highest BCUT2D eigenvalue weighted by Crippen LogP contribution is 2.34. The number of rotatable bonds is 4. The number of carbonyl (C=O) groups excluding carboxylic acids is 2. The summed E-state index contributed by atoms with van der Waals surface area (Å²) in [6.45, 7) is 0. The first kappa shape index (κ1) is 22.3. The van der Waals surface area contributed by atoms with Crippen molar-refractivity contribution in [3.8, 4) is 5.82 Å². The molecule has 0 saturated heterocycles. The fraction of sp³-hybridized carbons (Fsp3) is 0.0556. The lowest BCUT2D eigenvalue weighted by Crippen LogP contribution is -2.23. The van der Waals surface area contributed by atoms with E-state index < -0.39 is 5.91 Å². The van der Waals surface area contributed by atoms with Crippen LogP contribution in [0.5, 0.6) is 0 Å². The molecule has 2 amide bonds. The molecule has 0 bridgehead atoms. The molecule has 0 atom stereocenters. The van der Waals surface area contributed by atoms with Crippen LogP contribution >= 0.6 is 71.0 Å². The third kappa shape index (κ3) is 4.54. The maximum absolute atomic E-state index is 13.1. The van der Waals surface area contributed by atoms with Gasteiger partial charge in [0.15, 0.2) is 5.82 Å². The lowest BCUT2D eigenvalue weighted by molar-refractivity contribution is 0.0964. The monoisotopic (exact) mass is 622 g/mol. The Balaban J connectivity index is 2.10. The van der Waals surface area contributed by atoms with E-state index in [0.717, 1.165) is 0 Å². The van der Waals surface area contributed by atoms with Gasteiger partial charge in [-0.05, 0) is 62.2 Å². The third-order valence-electron chi connectivity index (χ3n) is 3.85. The second-order valence-corrected chi connectivity index (χ2v) is 9.05. The van der Waals surface area contributed by atoms with E-state index in [1.165, 1.54) is 11.6 Å². The number of anilines is 1. The third-order valence-corrected chi connectivity index (χ3v) is 6.43. The van der Waals surface area contributed by atoms with Gasteiger partial charge in [0.05, 0.1) is 20.7 Å². The van der Waals surface area contributed by atoms with Crippen LogP contribution in [0, 0.1) is 0 Å². The van der Waals surface area contributed by atoms with Crippen molar-refractivity contribution in [2.45, 2.75) is 0 Å². The quantitative estimate of drug-likeness (QED) is 0.369. The van der Waals surface area contributed by atoms with Crippen LogP contribution in [-0.4, -0.2) is 28.4 Å². The molecule has 0 aliphatic rings. The Kier molecular flexibility index (Phi) is 7.06. The number of nitrogens with one attached hydrogen (secondary N) is 2. The number of pyridine rings is 1. The summed E-state index contributed by atoms with van der Waals surface area (Å²) in [7, 11) is 1.51. The molecule has 29 heavy (non-hydrogen) atoms. The van der Waals surface area contributed by atoms with E-state index in [2.05, 4.69) is 63.4 Å². The first-order valence-electron chi connectivity index (χ1n) is 7.94. The van der Waals surface area contributed by atoms with Gasteiger partial charge in [0.1, 0.15) is 10.8 Å². The maximum Gasteiger partial charge on any atom is 0.272 e. The molecule has 0 fully saturated rings. The molecule has 0 unspecified atom stereocenters. The molecule has 0 aliphatic carbocycles. The Morgan fingerprint density at radius 1 is 1.07 bits per heavy atom. The number of aromatic nitrogens is 2. The minimum Gasteiger partial charge on any atom is -0.355 e. The molecule has 150 valence electrons. The molecule has 0 radical (unpaired) electrons. The van der Waals surface area contributed by atoms with Crippen LogP contribution in [0.1, 0.15) is 20.8 Å². The van der Waals surface area contributed by atoms with Gasteiger partial charge in [0.25, 0.3) is 11.8 Å². The lowest BCUT2D eigenvalue weighted by atomic mass is 10.1. The van der Waals surface area contributed by atoms with Gasteiger partial charge >= 0.3 is 0 Å². The minimum atomic E-state index is -0.507. The summed E-state index contributed by atoms with van der Waals surface area (Å²) < 4.78 is 3.12. The van der Waals surface area contributed by atoms with Crippen molar-refractivity contribution in [3.05, 3.63) is 71.4 Å². The fourth-order valence-corrected chi connectivity index (χ4v) is 4.71. The van der Waals surface area contributed by atoms with Gasteiger partial charge < -0.3 is 10.6 Å². The van der Waals surface area contributed by atoms with Crippen LogP contribution in [0.4, 0.5) is 5.69 Å². The van der Waals surface area contributed by atoms with Crippen LogP contribution in [0.25, 0.3) is 5.82 Å². The summed E-state index contributed by atoms with van der Waals surface area (Å²) in [6, 6.07) is 8.20. The molecule has 11 heteroatoms. The number of halogens is 5. The smallest absolute Gasteiger partial charge is 0.272 e. The first-order chi connectivity index (χ1) is 13.7. The zero-order valence-electron chi connectivity index (χ0n) is 14.6. The van der Waals surface area contributed by atoms with E-state index in [9.17, 15) is 9.59 Å². The van der Waals surface area contributed by atoms with Crippen molar-refractivity contribution in [2.24, 2.45) is 0 Å². The molecule has 0 spiro atoms. The first-order valence-corrected chi connectivity index (χ1v) is 11.1. The van der Waals surface area contributed by atoms with Gasteiger partial charge in [0, 0.05) is 22.2 Å². The van der Waals surface area contributed by atoms with Crippen LogP contribution in [0.15, 0.2) is 49.9 Å². The molecule has 1 aromatic carbocycles. The largest absolute Gasteiger partial charge is 0.355 e. The highest BCUT2D eigenvalue weighted by atomic mass is 79.9. The van der Waals surface area contributed by atoms with Gasteiger partial charge in [-0.2, -0.15) is 0 Å². The highest BCUT2D eigenvalue weighted by Gasteiger charge is 2.24. The number of hydrogen-bond donors (Lipinski definition) is 2. The molecule has 2 N–H and O–H groups in total. The average Bonchev–Trinajstić information content (AvgIpc) is 2.98. The fourth-order valence-electron chi connectivity index (χ4n) is 2.56. The molecule has 3 aromatic rings. The van der Waals surface area contributed by atoms with Gasteiger partial charge in [-0.3, -0.25) is 14.2 Å². The van der Waals surface area contributed by atoms with Gasteiger partial charge in [-0.25, -0.2) is 4.98 Å². The Morgan fingerprint density at radius 3 is 2.45 bits per heavy atom. The zero-order chi connectivity index (χ0) is 21.3. The van der Waals surface area contributed by atoms with Crippen molar-refractivity contribution >= 4 is 88.5 Å². The van der Waals surface area contributed by atoms with Gasteiger partial charge in [0.2, 0.25) is 0 Å². The Labute approximate surface area is 201 Å². The zero-order valence-corrected chi connectivity index (χ0v) is 20.8. The van der Waals surface area contributed by atoms with E-state index in [4.69, 9.17) is 23.2 Å². The summed E-state index contributed by atoms with van der Waals surface area (Å²) in [5.74, 6) is -0.562. The number of carbonyl (C=O) groups is 2. The SMILES string of the molecule is CNC(=O)c1cc(Br)cc(Br)c1NC(=O)c1cc(Br)c(Cl)n1-c1ncccc1Cl. The number of benzene rings is 1. The van der Waals surface area contributed by atoms with Crippen LogP contribution in [0.3, 0.4) is 0 Å². The van der Waals surface area contributed by atoms with Crippen molar-refractivity contribution in [1.29, 1.82) is 0 Å². The molecule has 0 aliphatic heterocycles. The van der Waals surface area contributed by atoms with Crippen molar-refractivity contribution < 1.29 is 9.59 Å². The number of nitrogens with zero attached hydrogens (tertiary/aromatic N) is 2. The van der Waals surface area contributed by atoms with E-state index in [-0.39, 0.29) is 22.3 Å². The number of amides is 2. The topological polar surface area (TPSA) is 76.0 Å². The summed E-state index contributed by atoms with van der Waals surface area (Å²) in [6.07, 6.45) is 1.54. The number of hydrogen-bond acceptors (Lipinski definition) is 3. The summed E-state index contributed by atoms with van der Waals surface area (Å²) in [5.41, 5.74) is 0.769. The summed E-state index contributed by atoms with van der Waals surface area (Å²) >= 11 is 22.7. The molecule has 0 saturated carbocycles. The van der Waals surface area contributed by atoms with Crippen molar-refractivity contribution in [1.82, 2.24) is 14.9 Å². The molecular weight excluding hydrogens is 615 g/mol. The normalized spacial score (nSPS) is 10.7. The summed E-state index contributed by atoms with van der Waals surface area (Å²) in [5, 5.41) is 5.88. The molecule has 2 heterocycles. The van der Waals surface area contributed by atoms with Crippen LogP contribution in [0.2, 0.25) is 10.2 Å². The lowest BCUT2D eigenvalue weighted by Gasteiger charge is -2.15. The predicted octanol–water partition coefficient (Wildman–Crippen LogP) is 6.08. The van der Waals surface area contributed by atoms with E-state index >= 15 is 0 Å². The van der Waals surface area contributed by atoms with E-state index in [1.807, 2.05) is 0 Å². The van der Waals surface area contributed by atoms with Gasteiger partial charge in [-0.15, -0.1) is 0 Å². The predicted molar refractivity (Wildman–Crippen MR) is 124 cm³/mol. The Hall–Kier alpha value is -1.39. The summed E-state index contributed by atoms with van der Waals surface area (Å²) in [4.78, 5) is 29.6. The second kappa shape index (κ2) is 9.18. The highest BCUT2D eigenvalue weighted by molar-refractivity contribution is 9.11. The van der Waals surface area contributed by atoms with E-state index in [0.29, 0.717) is 29.9 Å². The average molecular weight is 626 g/mol. The molecule has 3 rings (SSSR count). The van der Waals surface area contributed by atoms with Crippen molar-refractivity contribution in [2.75, 3.05) is 12.4 Å². The maximum atomic E-state index is 13.1. The van der Waals surface area contributed by atoms with E-state index in [1.54, 1.807) is 36.5 Å². The van der Waals surface area contributed by atoms with Crippen LogP contribution in [-0.2, 0) is 0 Å². The Bertz CT molecular complexity index is 1130. The van der Waals surface area contributed by atoms with Crippen molar-refractivity contribution in [3.63, 3.8) is 0 Å².